The molecule has 15 heavy (non-hydrogen) atoms. The molecule has 0 fully saturated rings. The summed E-state index contributed by atoms with van der Waals surface area (Å²) in [5.41, 5.74) is 1.32. The van der Waals surface area contributed by atoms with E-state index in [9.17, 15) is 0 Å². The minimum absolute atomic E-state index is 1.16. The zero-order valence-corrected chi connectivity index (χ0v) is 10.7. The van der Waals surface area contributed by atoms with Gasteiger partial charge in [0.05, 0.1) is 0 Å². The van der Waals surface area contributed by atoms with Crippen LogP contribution in [-0.4, -0.2) is 13.6 Å². The van der Waals surface area contributed by atoms with Crippen LogP contribution in [0.2, 0.25) is 0 Å². The SMILES string of the molecule is CC.CCCCCN(C)c1ccccc1. The fourth-order valence-electron chi connectivity index (χ4n) is 1.41. The molecule has 0 N–H and O–H groups in total. The molecule has 0 heterocycles. The van der Waals surface area contributed by atoms with Crippen molar-refractivity contribution in [3.8, 4) is 0 Å². The van der Waals surface area contributed by atoms with Crippen LogP contribution in [0, 0.1) is 0 Å². The average Bonchev–Trinajstić information content (AvgIpc) is 2.33. The topological polar surface area (TPSA) is 3.24 Å². The Morgan fingerprint density at radius 1 is 1.00 bits per heavy atom. The van der Waals surface area contributed by atoms with E-state index in [4.69, 9.17) is 0 Å². The first-order valence-corrected chi connectivity index (χ1v) is 6.10. The van der Waals surface area contributed by atoms with Gasteiger partial charge in [-0.15, -0.1) is 0 Å². The highest BCUT2D eigenvalue weighted by atomic mass is 15.1. The smallest absolute Gasteiger partial charge is 0.0363 e. The lowest BCUT2D eigenvalue weighted by atomic mass is 10.2. The van der Waals surface area contributed by atoms with E-state index in [1.807, 2.05) is 13.8 Å². The van der Waals surface area contributed by atoms with Crippen LogP contribution < -0.4 is 4.90 Å². The summed E-state index contributed by atoms with van der Waals surface area (Å²) in [7, 11) is 2.16. The van der Waals surface area contributed by atoms with E-state index >= 15 is 0 Å². The number of hydrogen-bond donors (Lipinski definition) is 0. The molecule has 1 nitrogen and oxygen atoms in total. The van der Waals surface area contributed by atoms with Gasteiger partial charge in [0.1, 0.15) is 0 Å². The third-order valence-corrected chi connectivity index (χ3v) is 2.29. The van der Waals surface area contributed by atoms with Gasteiger partial charge >= 0.3 is 0 Å². The maximum Gasteiger partial charge on any atom is 0.0363 e. The van der Waals surface area contributed by atoms with Crippen LogP contribution in [0.4, 0.5) is 5.69 Å². The Balaban J connectivity index is 0.000000921. The van der Waals surface area contributed by atoms with Gasteiger partial charge in [-0.1, -0.05) is 51.8 Å². The molecule has 0 saturated carbocycles. The maximum atomic E-state index is 2.32. The zero-order valence-electron chi connectivity index (χ0n) is 10.7. The quantitative estimate of drug-likeness (QED) is 0.649. The number of unbranched alkanes of at least 4 members (excludes halogenated alkanes) is 2. The Hall–Kier alpha value is -0.980. The zero-order chi connectivity index (χ0) is 11.5. The van der Waals surface area contributed by atoms with Gasteiger partial charge in [-0.3, -0.25) is 0 Å². The van der Waals surface area contributed by atoms with Gasteiger partial charge in [-0.2, -0.15) is 0 Å². The molecule has 0 saturated heterocycles. The lowest BCUT2D eigenvalue weighted by molar-refractivity contribution is 0.705. The lowest BCUT2D eigenvalue weighted by Crippen LogP contribution is -2.17. The van der Waals surface area contributed by atoms with Gasteiger partial charge in [0.25, 0.3) is 0 Å². The van der Waals surface area contributed by atoms with Gasteiger partial charge in [0.15, 0.2) is 0 Å². The number of nitrogens with zero attached hydrogens (tertiary/aromatic N) is 1. The summed E-state index contributed by atoms with van der Waals surface area (Å²) in [6, 6.07) is 10.6. The Bertz CT molecular complexity index is 218. The minimum atomic E-state index is 1.16. The Kier molecular flexibility index (Phi) is 8.95. The number of benzene rings is 1. The van der Waals surface area contributed by atoms with Crippen LogP contribution in [0.15, 0.2) is 30.3 Å². The van der Waals surface area contributed by atoms with Gasteiger partial charge < -0.3 is 4.90 Å². The summed E-state index contributed by atoms with van der Waals surface area (Å²) in [5, 5.41) is 0. The molecule has 0 aliphatic heterocycles. The monoisotopic (exact) mass is 207 g/mol. The van der Waals surface area contributed by atoms with Crippen molar-refractivity contribution < 1.29 is 0 Å². The molecule has 1 rings (SSSR count). The molecule has 0 aromatic heterocycles. The summed E-state index contributed by atoms with van der Waals surface area (Å²) in [6.45, 7) is 7.40. The van der Waals surface area contributed by atoms with E-state index in [2.05, 4.69) is 49.2 Å². The Morgan fingerprint density at radius 3 is 2.13 bits per heavy atom. The molecule has 0 amide bonds. The molecule has 0 spiro atoms. The molecule has 86 valence electrons. The molecule has 1 heteroatoms. The molecule has 0 radical (unpaired) electrons. The third-order valence-electron chi connectivity index (χ3n) is 2.29. The standard InChI is InChI=1S/C12H19N.C2H6/c1-3-4-8-11-13(2)12-9-6-5-7-10-12;1-2/h5-7,9-10H,3-4,8,11H2,1-2H3;1-2H3. The van der Waals surface area contributed by atoms with E-state index in [1.165, 1.54) is 24.9 Å². The molecular weight excluding hydrogens is 182 g/mol. The minimum Gasteiger partial charge on any atom is -0.375 e. The van der Waals surface area contributed by atoms with Gasteiger partial charge in [0.2, 0.25) is 0 Å². The summed E-state index contributed by atoms with van der Waals surface area (Å²) in [4.78, 5) is 2.32. The molecule has 1 aromatic carbocycles. The number of hydrogen-bond acceptors (Lipinski definition) is 1. The normalized spacial score (nSPS) is 9.07. The molecule has 1 aromatic rings. The van der Waals surface area contributed by atoms with E-state index < -0.39 is 0 Å². The second-order valence-corrected chi connectivity index (χ2v) is 3.46. The highest BCUT2D eigenvalue weighted by molar-refractivity contribution is 5.44. The third kappa shape index (κ3) is 6.16. The van der Waals surface area contributed by atoms with E-state index in [1.54, 1.807) is 0 Å². The van der Waals surface area contributed by atoms with E-state index in [0.29, 0.717) is 0 Å². The predicted octanol–water partition coefficient (Wildman–Crippen LogP) is 4.34. The Labute approximate surface area is 95.1 Å². The molecule has 0 unspecified atom stereocenters. The number of anilines is 1. The van der Waals surface area contributed by atoms with Crippen molar-refractivity contribution in [3.05, 3.63) is 30.3 Å². The van der Waals surface area contributed by atoms with Gasteiger partial charge in [0, 0.05) is 19.3 Å². The molecule has 0 bridgehead atoms. The first-order valence-electron chi connectivity index (χ1n) is 6.10. The second kappa shape index (κ2) is 9.57. The molecular formula is C14H25N. The first-order chi connectivity index (χ1) is 7.34. The van der Waals surface area contributed by atoms with Crippen LogP contribution in [0.5, 0.6) is 0 Å². The fraction of sp³-hybridized carbons (Fsp3) is 0.571. The first kappa shape index (κ1) is 14.0. The molecule has 0 aliphatic carbocycles. The largest absolute Gasteiger partial charge is 0.375 e. The van der Waals surface area contributed by atoms with E-state index in [-0.39, 0.29) is 0 Å². The molecule has 0 aliphatic rings. The van der Waals surface area contributed by atoms with Crippen molar-refractivity contribution in [2.45, 2.75) is 40.0 Å². The van der Waals surface area contributed by atoms with Gasteiger partial charge in [-0.05, 0) is 18.6 Å². The number of rotatable bonds is 5. The number of para-hydroxylation sites is 1. The van der Waals surface area contributed by atoms with Crippen molar-refractivity contribution in [3.63, 3.8) is 0 Å². The lowest BCUT2D eigenvalue weighted by Gasteiger charge is -2.18. The van der Waals surface area contributed by atoms with Gasteiger partial charge in [-0.25, -0.2) is 0 Å². The Morgan fingerprint density at radius 2 is 1.60 bits per heavy atom. The highest BCUT2D eigenvalue weighted by Crippen LogP contribution is 2.11. The summed E-state index contributed by atoms with van der Waals surface area (Å²) in [5.74, 6) is 0. The van der Waals surface area contributed by atoms with Crippen LogP contribution >= 0.6 is 0 Å². The van der Waals surface area contributed by atoms with Crippen LogP contribution in [-0.2, 0) is 0 Å². The van der Waals surface area contributed by atoms with E-state index in [0.717, 1.165) is 6.54 Å². The van der Waals surface area contributed by atoms with Crippen LogP contribution in [0.1, 0.15) is 40.0 Å². The maximum absolute atomic E-state index is 2.32. The highest BCUT2D eigenvalue weighted by Gasteiger charge is 1.97. The predicted molar refractivity (Wildman–Crippen MR) is 70.6 cm³/mol. The van der Waals surface area contributed by atoms with Crippen molar-refractivity contribution >= 4 is 5.69 Å². The summed E-state index contributed by atoms with van der Waals surface area (Å²) < 4.78 is 0. The fourth-order valence-corrected chi connectivity index (χ4v) is 1.41. The second-order valence-electron chi connectivity index (χ2n) is 3.46. The molecule has 0 atom stereocenters. The van der Waals surface area contributed by atoms with Crippen molar-refractivity contribution in [2.24, 2.45) is 0 Å². The summed E-state index contributed by atoms with van der Waals surface area (Å²) >= 11 is 0. The average molecular weight is 207 g/mol. The summed E-state index contributed by atoms with van der Waals surface area (Å²) in [6.07, 6.45) is 3.92. The van der Waals surface area contributed by atoms with Crippen LogP contribution in [0.25, 0.3) is 0 Å². The van der Waals surface area contributed by atoms with Crippen molar-refractivity contribution in [2.75, 3.05) is 18.5 Å². The van der Waals surface area contributed by atoms with Crippen molar-refractivity contribution in [1.82, 2.24) is 0 Å². The van der Waals surface area contributed by atoms with Crippen LogP contribution in [0.3, 0.4) is 0 Å². The van der Waals surface area contributed by atoms with Crippen molar-refractivity contribution in [1.29, 1.82) is 0 Å².